The highest BCUT2D eigenvalue weighted by atomic mass is 16.5. The second-order valence-corrected chi connectivity index (χ2v) is 8.78. The van der Waals surface area contributed by atoms with Crippen molar-refractivity contribution in [1.82, 2.24) is 0 Å². The second-order valence-electron chi connectivity index (χ2n) is 8.78. The van der Waals surface area contributed by atoms with Crippen molar-refractivity contribution >= 4 is 6.21 Å². The summed E-state index contributed by atoms with van der Waals surface area (Å²) in [6.45, 7) is 13.5. The molecule has 0 saturated heterocycles. The van der Waals surface area contributed by atoms with Crippen molar-refractivity contribution in [3.8, 4) is 11.5 Å². The molecule has 0 aliphatic rings. The smallest absolute Gasteiger partial charge is 0.128 e. The van der Waals surface area contributed by atoms with Crippen LogP contribution in [0.1, 0.15) is 63.8 Å². The van der Waals surface area contributed by atoms with Gasteiger partial charge < -0.3 is 9.84 Å². The van der Waals surface area contributed by atoms with Crippen LogP contribution in [0.25, 0.3) is 0 Å². The molecule has 0 aliphatic carbocycles. The molecule has 140 valence electrons. The molecule has 0 atom stereocenters. The summed E-state index contributed by atoms with van der Waals surface area (Å²) in [5, 5.41) is 10.8. The van der Waals surface area contributed by atoms with Gasteiger partial charge in [-0.25, -0.2) is 0 Å². The lowest BCUT2D eigenvalue weighted by Crippen LogP contribution is -2.17. The summed E-state index contributed by atoms with van der Waals surface area (Å²) in [5.74, 6) is 1.16. The Bertz CT molecular complexity index is 776. The van der Waals surface area contributed by atoms with Gasteiger partial charge in [-0.2, -0.15) is 0 Å². The van der Waals surface area contributed by atoms with E-state index >= 15 is 0 Å². The van der Waals surface area contributed by atoms with Crippen molar-refractivity contribution in [3.05, 3.63) is 58.7 Å². The normalized spacial score (nSPS) is 12.6. The van der Waals surface area contributed by atoms with Gasteiger partial charge in [0.1, 0.15) is 11.5 Å². The van der Waals surface area contributed by atoms with Crippen LogP contribution in [0.4, 0.5) is 0 Å². The van der Waals surface area contributed by atoms with Gasteiger partial charge in [-0.15, -0.1) is 0 Å². The fourth-order valence-electron chi connectivity index (χ4n) is 2.74. The molecule has 0 bridgehead atoms. The number of hydrogen-bond donors (Lipinski definition) is 1. The van der Waals surface area contributed by atoms with Crippen LogP contribution >= 0.6 is 0 Å². The predicted molar refractivity (Wildman–Crippen MR) is 110 cm³/mol. The van der Waals surface area contributed by atoms with Crippen LogP contribution in [-0.2, 0) is 17.4 Å². The van der Waals surface area contributed by atoms with Crippen molar-refractivity contribution in [2.24, 2.45) is 4.99 Å². The van der Waals surface area contributed by atoms with Crippen molar-refractivity contribution in [2.75, 3.05) is 7.11 Å². The van der Waals surface area contributed by atoms with Crippen molar-refractivity contribution in [1.29, 1.82) is 0 Å². The van der Waals surface area contributed by atoms with E-state index in [1.54, 1.807) is 13.3 Å². The SMILES string of the molecule is COc1ccc(CN=Cc2cc(C(C)(C)C)cc(C(C)(C)C)c2O)cc1. The summed E-state index contributed by atoms with van der Waals surface area (Å²) in [4.78, 5) is 4.55. The number of nitrogens with zero attached hydrogens (tertiary/aromatic N) is 1. The third kappa shape index (κ3) is 4.87. The largest absolute Gasteiger partial charge is 0.507 e. The van der Waals surface area contributed by atoms with Crippen LogP contribution in [0.2, 0.25) is 0 Å². The first-order valence-corrected chi connectivity index (χ1v) is 9.03. The molecule has 0 aliphatic heterocycles. The Morgan fingerprint density at radius 2 is 1.58 bits per heavy atom. The number of rotatable bonds is 4. The van der Waals surface area contributed by atoms with Crippen LogP contribution in [0.3, 0.4) is 0 Å². The monoisotopic (exact) mass is 353 g/mol. The topological polar surface area (TPSA) is 41.8 Å². The van der Waals surface area contributed by atoms with E-state index in [0.29, 0.717) is 12.3 Å². The molecule has 0 unspecified atom stereocenters. The van der Waals surface area contributed by atoms with Gasteiger partial charge in [0, 0.05) is 17.3 Å². The summed E-state index contributed by atoms with van der Waals surface area (Å²) < 4.78 is 5.18. The highest BCUT2D eigenvalue weighted by Gasteiger charge is 2.24. The maximum absolute atomic E-state index is 10.8. The third-order valence-electron chi connectivity index (χ3n) is 4.48. The minimum absolute atomic E-state index is 0.00622. The van der Waals surface area contributed by atoms with Crippen molar-refractivity contribution in [3.63, 3.8) is 0 Å². The Morgan fingerprint density at radius 1 is 0.962 bits per heavy atom. The number of ether oxygens (including phenoxy) is 1. The van der Waals surface area contributed by atoms with Crippen LogP contribution in [0, 0.1) is 0 Å². The number of aliphatic imine (C=N–C) groups is 1. The molecule has 2 aromatic carbocycles. The number of phenols is 1. The Hall–Kier alpha value is -2.29. The summed E-state index contributed by atoms with van der Waals surface area (Å²) in [6, 6.07) is 12.0. The zero-order valence-corrected chi connectivity index (χ0v) is 17.1. The number of benzene rings is 2. The van der Waals surface area contributed by atoms with E-state index in [4.69, 9.17) is 4.74 Å². The fourth-order valence-corrected chi connectivity index (χ4v) is 2.74. The molecule has 3 nitrogen and oxygen atoms in total. The molecule has 0 amide bonds. The Labute approximate surface area is 157 Å². The molecule has 26 heavy (non-hydrogen) atoms. The second kappa shape index (κ2) is 7.53. The van der Waals surface area contributed by atoms with Crippen LogP contribution in [0.5, 0.6) is 11.5 Å². The van der Waals surface area contributed by atoms with E-state index < -0.39 is 0 Å². The Kier molecular flexibility index (Phi) is 5.80. The molecule has 0 heterocycles. The van der Waals surface area contributed by atoms with Gasteiger partial charge in [0.2, 0.25) is 0 Å². The molecular weight excluding hydrogens is 322 g/mol. The van der Waals surface area contributed by atoms with Gasteiger partial charge in [0.05, 0.1) is 13.7 Å². The fraction of sp³-hybridized carbons (Fsp3) is 0.435. The van der Waals surface area contributed by atoms with Crippen LogP contribution in [0.15, 0.2) is 41.4 Å². The molecule has 1 N–H and O–H groups in total. The lowest BCUT2D eigenvalue weighted by Gasteiger charge is -2.27. The van der Waals surface area contributed by atoms with E-state index in [-0.39, 0.29) is 10.8 Å². The zero-order valence-electron chi connectivity index (χ0n) is 17.1. The number of aromatic hydroxyl groups is 1. The predicted octanol–water partition coefficient (Wildman–Crippen LogP) is 5.61. The first-order valence-electron chi connectivity index (χ1n) is 9.03. The maximum Gasteiger partial charge on any atom is 0.128 e. The van der Waals surface area contributed by atoms with E-state index in [1.807, 2.05) is 30.3 Å². The van der Waals surface area contributed by atoms with Gasteiger partial charge in [0.15, 0.2) is 0 Å². The summed E-state index contributed by atoms with van der Waals surface area (Å²) in [7, 11) is 1.66. The molecule has 0 spiro atoms. The molecule has 0 fully saturated rings. The Balaban J connectivity index is 2.34. The summed E-state index contributed by atoms with van der Waals surface area (Å²) >= 11 is 0. The highest BCUT2D eigenvalue weighted by Crippen LogP contribution is 2.37. The third-order valence-corrected chi connectivity index (χ3v) is 4.48. The molecule has 0 saturated carbocycles. The van der Waals surface area contributed by atoms with E-state index in [2.05, 4.69) is 52.6 Å². The lowest BCUT2D eigenvalue weighted by atomic mass is 9.79. The zero-order chi connectivity index (χ0) is 19.5. The van der Waals surface area contributed by atoms with Crippen molar-refractivity contribution < 1.29 is 9.84 Å². The maximum atomic E-state index is 10.8. The van der Waals surface area contributed by atoms with E-state index in [9.17, 15) is 5.11 Å². The molecule has 3 heteroatoms. The number of hydrogen-bond acceptors (Lipinski definition) is 3. The average Bonchev–Trinajstić information content (AvgIpc) is 2.55. The van der Waals surface area contributed by atoms with Gasteiger partial charge in [-0.05, 0) is 40.2 Å². The first kappa shape index (κ1) is 20.0. The lowest BCUT2D eigenvalue weighted by molar-refractivity contribution is 0.414. The van der Waals surface area contributed by atoms with Crippen LogP contribution in [-0.4, -0.2) is 18.4 Å². The number of phenolic OH excluding ortho intramolecular Hbond substituents is 1. The van der Waals surface area contributed by atoms with Gasteiger partial charge >= 0.3 is 0 Å². The van der Waals surface area contributed by atoms with Crippen LogP contribution < -0.4 is 4.74 Å². The Morgan fingerprint density at radius 3 is 2.08 bits per heavy atom. The highest BCUT2D eigenvalue weighted by molar-refractivity contribution is 5.85. The molecule has 0 aromatic heterocycles. The minimum Gasteiger partial charge on any atom is -0.507 e. The first-order chi connectivity index (χ1) is 12.0. The standard InChI is InChI=1S/C23H31NO2/c1-22(2,3)18-12-17(21(25)20(13-18)23(4,5)6)15-24-14-16-8-10-19(26-7)11-9-16/h8-13,15,25H,14H2,1-7H3. The van der Waals surface area contributed by atoms with Gasteiger partial charge in [-0.3, -0.25) is 4.99 Å². The number of methoxy groups -OCH3 is 1. The molecular formula is C23H31NO2. The van der Waals surface area contributed by atoms with Gasteiger partial charge in [-0.1, -0.05) is 59.7 Å². The van der Waals surface area contributed by atoms with E-state index in [1.165, 1.54) is 5.56 Å². The average molecular weight is 354 g/mol. The van der Waals surface area contributed by atoms with E-state index in [0.717, 1.165) is 22.4 Å². The molecule has 2 aromatic rings. The molecule has 2 rings (SSSR count). The van der Waals surface area contributed by atoms with Crippen molar-refractivity contribution in [2.45, 2.75) is 58.9 Å². The minimum atomic E-state index is -0.135. The quantitative estimate of drug-likeness (QED) is 0.725. The summed E-state index contributed by atoms with van der Waals surface area (Å²) in [5.41, 5.74) is 3.90. The van der Waals surface area contributed by atoms with Gasteiger partial charge in [0.25, 0.3) is 0 Å². The molecule has 0 radical (unpaired) electrons. The summed E-state index contributed by atoms with van der Waals surface area (Å²) in [6.07, 6.45) is 1.78.